The van der Waals surface area contributed by atoms with Crippen molar-refractivity contribution in [3.8, 4) is 0 Å². The molecule has 0 bridgehead atoms. The molecule has 1 aromatic carbocycles. The van der Waals surface area contributed by atoms with Gasteiger partial charge in [0.1, 0.15) is 0 Å². The van der Waals surface area contributed by atoms with Gasteiger partial charge in [-0.05, 0) is 13.0 Å². The second-order valence-electron chi connectivity index (χ2n) is 3.33. The van der Waals surface area contributed by atoms with Crippen LogP contribution in [0.5, 0.6) is 0 Å². The Kier molecular flexibility index (Phi) is 2.48. The number of hydrogen-bond acceptors (Lipinski definition) is 3. The van der Waals surface area contributed by atoms with Crippen LogP contribution in [0, 0.1) is 0 Å². The lowest BCUT2D eigenvalue weighted by Crippen LogP contribution is -2.30. The Morgan fingerprint density at radius 2 is 2.00 bits per heavy atom. The molecule has 1 aliphatic rings. The van der Waals surface area contributed by atoms with Gasteiger partial charge in [0.05, 0.1) is 12.3 Å². The Hall–Kier alpha value is -2.10. The van der Waals surface area contributed by atoms with Crippen molar-refractivity contribution in [3.63, 3.8) is 0 Å². The first-order valence-corrected chi connectivity index (χ1v) is 4.96. The highest BCUT2D eigenvalue weighted by molar-refractivity contribution is 6.16. The van der Waals surface area contributed by atoms with E-state index in [1.165, 1.54) is 0 Å². The Morgan fingerprint density at radius 1 is 1.38 bits per heavy atom. The molecule has 0 saturated heterocycles. The summed E-state index contributed by atoms with van der Waals surface area (Å²) in [7, 11) is 0. The third-order valence-electron chi connectivity index (χ3n) is 2.39. The number of carbonyl (C=O) groups excluding carboxylic acids is 2. The van der Waals surface area contributed by atoms with Gasteiger partial charge in [-0.1, -0.05) is 24.8 Å². The molecule has 16 heavy (non-hydrogen) atoms. The number of ether oxygens (including phenoxy) is 1. The molecule has 0 saturated carbocycles. The molecule has 0 aliphatic carbocycles. The highest BCUT2D eigenvalue weighted by Gasteiger charge is 2.36. The molecule has 0 fully saturated rings. The number of hydrogen-bond donors (Lipinski definition) is 0. The van der Waals surface area contributed by atoms with E-state index < -0.39 is 6.09 Å². The quantitative estimate of drug-likeness (QED) is 0.724. The van der Waals surface area contributed by atoms with Gasteiger partial charge in [0.15, 0.2) is 0 Å². The summed E-state index contributed by atoms with van der Waals surface area (Å²) in [6.45, 7) is 5.65. The summed E-state index contributed by atoms with van der Waals surface area (Å²) in [5.74, 6) is -0.376. The number of imide groups is 1. The number of benzene rings is 1. The van der Waals surface area contributed by atoms with Crippen LogP contribution in [0.3, 0.4) is 0 Å². The van der Waals surface area contributed by atoms with Crippen molar-refractivity contribution in [2.24, 2.45) is 0 Å². The van der Waals surface area contributed by atoms with Crippen molar-refractivity contribution in [1.82, 2.24) is 4.90 Å². The molecule has 0 spiro atoms. The lowest BCUT2D eigenvalue weighted by molar-refractivity contribution is 0.0787. The second-order valence-corrected chi connectivity index (χ2v) is 3.33. The van der Waals surface area contributed by atoms with Crippen LogP contribution in [0.2, 0.25) is 0 Å². The number of carbonyl (C=O) groups is 2. The summed E-state index contributed by atoms with van der Waals surface area (Å²) in [6.07, 6.45) is -0.673. The highest BCUT2D eigenvalue weighted by Crippen LogP contribution is 2.31. The van der Waals surface area contributed by atoms with Gasteiger partial charge < -0.3 is 4.74 Å². The molecule has 0 unspecified atom stereocenters. The van der Waals surface area contributed by atoms with Crippen molar-refractivity contribution in [2.75, 3.05) is 6.61 Å². The highest BCUT2D eigenvalue weighted by atomic mass is 16.6. The smallest absolute Gasteiger partial charge is 0.421 e. The molecule has 0 radical (unpaired) electrons. The summed E-state index contributed by atoms with van der Waals surface area (Å²) in [5, 5.41) is 0. The monoisotopic (exact) mass is 217 g/mol. The van der Waals surface area contributed by atoms with Gasteiger partial charge in [0.2, 0.25) is 0 Å². The maximum Gasteiger partial charge on any atom is 0.421 e. The fourth-order valence-electron chi connectivity index (χ4n) is 1.67. The zero-order valence-electron chi connectivity index (χ0n) is 8.90. The van der Waals surface area contributed by atoms with E-state index in [1.807, 2.05) is 0 Å². The largest absolute Gasteiger partial charge is 0.449 e. The van der Waals surface area contributed by atoms with Gasteiger partial charge >= 0.3 is 6.09 Å². The molecule has 1 aliphatic heterocycles. The minimum absolute atomic E-state index is 0.228. The second kappa shape index (κ2) is 3.81. The molecule has 82 valence electrons. The third kappa shape index (κ3) is 1.39. The van der Waals surface area contributed by atoms with Crippen LogP contribution in [0.15, 0.2) is 30.8 Å². The van der Waals surface area contributed by atoms with Gasteiger partial charge in [0, 0.05) is 11.1 Å². The van der Waals surface area contributed by atoms with Gasteiger partial charge in [-0.3, -0.25) is 4.79 Å². The third-order valence-corrected chi connectivity index (χ3v) is 2.39. The molecule has 0 atom stereocenters. The van der Waals surface area contributed by atoms with Gasteiger partial charge in [-0.25, -0.2) is 9.69 Å². The lowest BCUT2D eigenvalue weighted by Gasteiger charge is -2.14. The van der Waals surface area contributed by atoms with Gasteiger partial charge in [0.25, 0.3) is 5.91 Å². The Labute approximate surface area is 93.1 Å². The van der Waals surface area contributed by atoms with E-state index >= 15 is 0 Å². The maximum absolute atomic E-state index is 11.9. The topological polar surface area (TPSA) is 46.6 Å². The molecule has 1 aromatic rings. The minimum Gasteiger partial charge on any atom is -0.449 e. The molecule has 1 heterocycles. The van der Waals surface area contributed by atoms with Crippen molar-refractivity contribution in [3.05, 3.63) is 42.0 Å². The molecule has 4 nitrogen and oxygen atoms in total. The molecule has 2 amide bonds. The first-order valence-electron chi connectivity index (χ1n) is 4.96. The van der Waals surface area contributed by atoms with Gasteiger partial charge in [-0.15, -0.1) is 0 Å². The van der Waals surface area contributed by atoms with Crippen LogP contribution in [-0.2, 0) is 4.74 Å². The summed E-state index contributed by atoms with van der Waals surface area (Å²) < 4.78 is 4.80. The number of amides is 2. The van der Waals surface area contributed by atoms with Crippen LogP contribution >= 0.6 is 0 Å². The van der Waals surface area contributed by atoms with E-state index in [1.54, 1.807) is 31.2 Å². The Bertz CT molecular complexity index is 444. The summed E-state index contributed by atoms with van der Waals surface area (Å²) in [6, 6.07) is 6.97. The van der Waals surface area contributed by atoms with E-state index in [9.17, 15) is 9.59 Å². The van der Waals surface area contributed by atoms with E-state index in [4.69, 9.17) is 4.74 Å². The number of rotatable bonds is 1. The zero-order valence-corrected chi connectivity index (χ0v) is 8.90. The lowest BCUT2D eigenvalue weighted by atomic mass is 10.1. The molecule has 2 rings (SSSR count). The van der Waals surface area contributed by atoms with Gasteiger partial charge in [-0.2, -0.15) is 0 Å². The summed E-state index contributed by atoms with van der Waals surface area (Å²) in [5.41, 5.74) is 1.54. The summed E-state index contributed by atoms with van der Waals surface area (Å²) >= 11 is 0. The summed E-state index contributed by atoms with van der Waals surface area (Å²) in [4.78, 5) is 24.4. The molecule has 0 N–H and O–H groups in total. The standard InChI is InChI=1S/C12H11NO3/c1-3-16-12(15)13-8(2)9-6-4-5-7-10(9)11(13)14/h4-7H,2-3H2,1H3. The Morgan fingerprint density at radius 3 is 2.56 bits per heavy atom. The van der Waals surface area contributed by atoms with E-state index in [-0.39, 0.29) is 12.5 Å². The first kappa shape index (κ1) is 10.4. The van der Waals surface area contributed by atoms with Crippen LogP contribution in [0.1, 0.15) is 22.8 Å². The molecular weight excluding hydrogens is 206 g/mol. The first-order chi connectivity index (χ1) is 7.66. The van der Waals surface area contributed by atoms with Crippen LogP contribution in [-0.4, -0.2) is 23.5 Å². The minimum atomic E-state index is -0.673. The SMILES string of the molecule is C=C1c2ccccc2C(=O)N1C(=O)OCC. The van der Waals surface area contributed by atoms with Crippen LogP contribution < -0.4 is 0 Å². The Balaban J connectivity index is 2.39. The fourth-order valence-corrected chi connectivity index (χ4v) is 1.67. The zero-order chi connectivity index (χ0) is 11.7. The normalized spacial score (nSPS) is 13.9. The average Bonchev–Trinajstić information content (AvgIpc) is 2.53. The van der Waals surface area contributed by atoms with E-state index in [0.717, 1.165) is 4.90 Å². The van der Waals surface area contributed by atoms with Crippen LogP contribution in [0.4, 0.5) is 4.79 Å². The van der Waals surface area contributed by atoms with Crippen LogP contribution in [0.25, 0.3) is 5.70 Å². The molecular formula is C12H11NO3. The fraction of sp³-hybridized carbons (Fsp3) is 0.167. The number of nitrogens with zero attached hydrogens (tertiary/aromatic N) is 1. The number of fused-ring (bicyclic) bond motifs is 1. The van der Waals surface area contributed by atoms with Crippen molar-refractivity contribution in [1.29, 1.82) is 0 Å². The molecule has 0 aromatic heterocycles. The van der Waals surface area contributed by atoms with Crippen molar-refractivity contribution < 1.29 is 14.3 Å². The van der Waals surface area contributed by atoms with E-state index in [2.05, 4.69) is 6.58 Å². The van der Waals surface area contributed by atoms with Crippen molar-refractivity contribution in [2.45, 2.75) is 6.92 Å². The average molecular weight is 217 g/mol. The molecule has 4 heteroatoms. The van der Waals surface area contributed by atoms with Crippen molar-refractivity contribution >= 4 is 17.7 Å². The van der Waals surface area contributed by atoms with E-state index in [0.29, 0.717) is 16.8 Å². The predicted octanol–water partition coefficient (Wildman–Crippen LogP) is 2.27. The predicted molar refractivity (Wildman–Crippen MR) is 58.7 cm³/mol. The maximum atomic E-state index is 11.9.